The highest BCUT2D eigenvalue weighted by Gasteiger charge is 2.18. The SMILES string of the molecule is CN(C)S(=O)(=O)Nc1c(C#N)cnn1C. The quantitative estimate of drug-likeness (QED) is 0.757. The van der Waals surface area contributed by atoms with Crippen molar-refractivity contribution >= 4 is 16.0 Å². The highest BCUT2D eigenvalue weighted by atomic mass is 32.2. The third-order valence-electron chi connectivity index (χ3n) is 1.77. The molecule has 0 atom stereocenters. The molecule has 0 saturated carbocycles. The molecule has 1 rings (SSSR count). The monoisotopic (exact) mass is 229 g/mol. The smallest absolute Gasteiger partial charge is 0.254 e. The Morgan fingerprint density at radius 2 is 2.20 bits per heavy atom. The first-order valence-electron chi connectivity index (χ1n) is 4.01. The Bertz CT molecular complexity index is 496. The number of anilines is 1. The summed E-state index contributed by atoms with van der Waals surface area (Å²) in [5.74, 6) is 0.159. The Morgan fingerprint density at radius 1 is 1.60 bits per heavy atom. The number of nitriles is 1. The van der Waals surface area contributed by atoms with E-state index in [4.69, 9.17) is 5.26 Å². The average Bonchev–Trinajstić information content (AvgIpc) is 2.47. The van der Waals surface area contributed by atoms with Gasteiger partial charge >= 0.3 is 10.2 Å². The Hall–Kier alpha value is -1.59. The third-order valence-corrected chi connectivity index (χ3v) is 3.18. The van der Waals surface area contributed by atoms with Crippen molar-refractivity contribution in [2.45, 2.75) is 0 Å². The number of rotatable bonds is 3. The fourth-order valence-electron chi connectivity index (χ4n) is 0.854. The lowest BCUT2D eigenvalue weighted by Gasteiger charge is -2.13. The van der Waals surface area contributed by atoms with Gasteiger partial charge in [-0.15, -0.1) is 0 Å². The molecule has 0 amide bonds. The number of nitrogens with zero attached hydrogens (tertiary/aromatic N) is 4. The standard InChI is InChI=1S/C7H11N5O2S/c1-11(2)15(13,14)10-7-6(4-8)5-9-12(7)3/h5,10H,1-3H3. The predicted octanol–water partition coefficient (Wildman–Crippen LogP) is -0.490. The molecule has 1 aromatic rings. The summed E-state index contributed by atoms with van der Waals surface area (Å²) in [4.78, 5) is 0. The van der Waals surface area contributed by atoms with Gasteiger partial charge in [-0.05, 0) is 0 Å². The van der Waals surface area contributed by atoms with Gasteiger partial charge in [-0.25, -0.2) is 0 Å². The van der Waals surface area contributed by atoms with E-state index in [1.807, 2.05) is 6.07 Å². The van der Waals surface area contributed by atoms with Gasteiger partial charge in [0.15, 0.2) is 5.82 Å². The lowest BCUT2D eigenvalue weighted by atomic mass is 10.4. The topological polar surface area (TPSA) is 91.0 Å². The van der Waals surface area contributed by atoms with Crippen molar-refractivity contribution in [1.29, 1.82) is 5.26 Å². The second-order valence-corrected chi connectivity index (χ2v) is 4.92. The minimum absolute atomic E-state index is 0.159. The molecule has 0 aliphatic carbocycles. The van der Waals surface area contributed by atoms with E-state index in [1.165, 1.54) is 25.0 Å². The van der Waals surface area contributed by atoms with Crippen LogP contribution in [0.2, 0.25) is 0 Å². The Balaban J connectivity index is 3.11. The molecule has 0 aromatic carbocycles. The third kappa shape index (κ3) is 2.26. The molecular formula is C7H11N5O2S. The average molecular weight is 229 g/mol. The number of hydrogen-bond acceptors (Lipinski definition) is 4. The molecule has 82 valence electrons. The van der Waals surface area contributed by atoms with Crippen LogP contribution in [0.3, 0.4) is 0 Å². The van der Waals surface area contributed by atoms with Crippen LogP contribution in [0.5, 0.6) is 0 Å². The fraction of sp³-hybridized carbons (Fsp3) is 0.429. The largest absolute Gasteiger partial charge is 0.302 e. The highest BCUT2D eigenvalue weighted by molar-refractivity contribution is 7.90. The number of aryl methyl sites for hydroxylation is 1. The van der Waals surface area contributed by atoms with E-state index in [1.54, 1.807) is 7.05 Å². The Morgan fingerprint density at radius 3 is 2.67 bits per heavy atom. The normalized spacial score (nSPS) is 11.4. The molecule has 0 spiro atoms. The second-order valence-electron chi connectivity index (χ2n) is 3.03. The molecular weight excluding hydrogens is 218 g/mol. The first-order chi connectivity index (χ1) is 6.88. The zero-order valence-electron chi connectivity index (χ0n) is 8.59. The maximum absolute atomic E-state index is 11.5. The molecule has 0 bridgehead atoms. The van der Waals surface area contributed by atoms with Gasteiger partial charge < -0.3 is 0 Å². The molecule has 0 aliphatic heterocycles. The minimum atomic E-state index is -3.60. The fourth-order valence-corrected chi connectivity index (χ4v) is 1.52. The summed E-state index contributed by atoms with van der Waals surface area (Å²) in [5, 5.41) is 12.5. The van der Waals surface area contributed by atoms with Gasteiger partial charge in [-0.1, -0.05) is 0 Å². The van der Waals surface area contributed by atoms with Gasteiger partial charge in [-0.2, -0.15) is 23.1 Å². The first-order valence-corrected chi connectivity index (χ1v) is 5.45. The molecule has 1 aromatic heterocycles. The maximum atomic E-state index is 11.5. The zero-order chi connectivity index (χ0) is 11.6. The van der Waals surface area contributed by atoms with Crippen LogP contribution in [0.4, 0.5) is 5.82 Å². The number of aromatic nitrogens is 2. The van der Waals surface area contributed by atoms with Gasteiger partial charge in [0.2, 0.25) is 0 Å². The van der Waals surface area contributed by atoms with Crippen molar-refractivity contribution in [2.75, 3.05) is 18.8 Å². The summed E-state index contributed by atoms with van der Waals surface area (Å²) >= 11 is 0. The van der Waals surface area contributed by atoms with E-state index in [2.05, 4.69) is 9.82 Å². The van der Waals surface area contributed by atoms with Crippen molar-refractivity contribution in [3.05, 3.63) is 11.8 Å². The minimum Gasteiger partial charge on any atom is -0.254 e. The van der Waals surface area contributed by atoms with Crippen LogP contribution >= 0.6 is 0 Å². The Labute approximate surface area is 88.1 Å². The summed E-state index contributed by atoms with van der Waals surface area (Å²) < 4.78 is 27.5. The lowest BCUT2D eigenvalue weighted by Crippen LogP contribution is -2.30. The van der Waals surface area contributed by atoms with Crippen LogP contribution in [0.25, 0.3) is 0 Å². The van der Waals surface area contributed by atoms with E-state index < -0.39 is 10.2 Å². The molecule has 0 saturated heterocycles. The summed E-state index contributed by atoms with van der Waals surface area (Å²) in [6.45, 7) is 0. The van der Waals surface area contributed by atoms with E-state index >= 15 is 0 Å². The van der Waals surface area contributed by atoms with Crippen LogP contribution in [-0.2, 0) is 17.3 Å². The summed E-state index contributed by atoms with van der Waals surface area (Å²) in [6.07, 6.45) is 1.30. The first kappa shape index (κ1) is 11.5. The molecule has 0 unspecified atom stereocenters. The van der Waals surface area contributed by atoms with Gasteiger partial charge in [-0.3, -0.25) is 9.40 Å². The van der Waals surface area contributed by atoms with Crippen molar-refractivity contribution in [1.82, 2.24) is 14.1 Å². The molecule has 0 radical (unpaired) electrons. The van der Waals surface area contributed by atoms with Gasteiger partial charge in [0.25, 0.3) is 0 Å². The van der Waals surface area contributed by atoms with Crippen molar-refractivity contribution in [3.8, 4) is 6.07 Å². The van der Waals surface area contributed by atoms with Crippen molar-refractivity contribution in [3.63, 3.8) is 0 Å². The molecule has 8 heteroatoms. The second kappa shape index (κ2) is 3.88. The highest BCUT2D eigenvalue weighted by Crippen LogP contribution is 2.14. The summed E-state index contributed by atoms with van der Waals surface area (Å²) in [6, 6.07) is 1.85. The van der Waals surface area contributed by atoms with E-state index in [-0.39, 0.29) is 11.4 Å². The van der Waals surface area contributed by atoms with E-state index in [9.17, 15) is 8.42 Å². The molecule has 7 nitrogen and oxygen atoms in total. The summed E-state index contributed by atoms with van der Waals surface area (Å²) in [7, 11) is 0.732. The summed E-state index contributed by atoms with van der Waals surface area (Å²) in [5.41, 5.74) is 0.183. The van der Waals surface area contributed by atoms with E-state index in [0.717, 1.165) is 4.31 Å². The van der Waals surface area contributed by atoms with Gasteiger partial charge in [0, 0.05) is 21.1 Å². The predicted molar refractivity (Wildman–Crippen MR) is 54.2 cm³/mol. The van der Waals surface area contributed by atoms with Crippen LogP contribution in [-0.4, -0.2) is 36.6 Å². The van der Waals surface area contributed by atoms with Gasteiger partial charge in [0.05, 0.1) is 6.20 Å². The van der Waals surface area contributed by atoms with Crippen LogP contribution in [0, 0.1) is 11.3 Å². The van der Waals surface area contributed by atoms with Crippen LogP contribution < -0.4 is 4.72 Å². The molecule has 15 heavy (non-hydrogen) atoms. The van der Waals surface area contributed by atoms with Crippen molar-refractivity contribution < 1.29 is 8.42 Å². The lowest BCUT2D eigenvalue weighted by molar-refractivity contribution is 0.526. The number of hydrogen-bond donors (Lipinski definition) is 1. The zero-order valence-corrected chi connectivity index (χ0v) is 9.41. The molecule has 0 fully saturated rings. The molecule has 1 N–H and O–H groups in total. The van der Waals surface area contributed by atoms with Crippen LogP contribution in [0.1, 0.15) is 5.56 Å². The van der Waals surface area contributed by atoms with Crippen LogP contribution in [0.15, 0.2) is 6.20 Å². The molecule has 1 heterocycles. The maximum Gasteiger partial charge on any atom is 0.302 e. The molecule has 0 aliphatic rings. The van der Waals surface area contributed by atoms with Gasteiger partial charge in [0.1, 0.15) is 11.6 Å². The van der Waals surface area contributed by atoms with Crippen molar-refractivity contribution in [2.24, 2.45) is 7.05 Å². The number of nitrogens with one attached hydrogen (secondary N) is 1. The van der Waals surface area contributed by atoms with E-state index in [0.29, 0.717) is 0 Å². The Kier molecular flexibility index (Phi) is 2.97.